The van der Waals surface area contributed by atoms with Gasteiger partial charge in [0, 0.05) is 11.6 Å². The fourth-order valence-electron chi connectivity index (χ4n) is 3.91. The van der Waals surface area contributed by atoms with E-state index in [-0.39, 0.29) is 10.9 Å². The Hall–Kier alpha value is -3.43. The molecule has 0 unspecified atom stereocenters. The normalized spacial score (nSPS) is 13.4. The van der Waals surface area contributed by atoms with Gasteiger partial charge in [-0.3, -0.25) is 14.9 Å². The summed E-state index contributed by atoms with van der Waals surface area (Å²) in [5.74, 6) is -0.276. The van der Waals surface area contributed by atoms with Crippen molar-refractivity contribution in [1.82, 2.24) is 4.98 Å². The van der Waals surface area contributed by atoms with Crippen molar-refractivity contribution in [3.05, 3.63) is 85.8 Å². The number of thiazole rings is 1. The summed E-state index contributed by atoms with van der Waals surface area (Å²) < 4.78 is 0.968. The maximum absolute atomic E-state index is 13.6. The minimum Gasteiger partial charge on any atom is -0.267 e. The predicted octanol–water partition coefficient (Wildman–Crippen LogP) is 6.13. The zero-order valence-corrected chi connectivity index (χ0v) is 19.5. The van der Waals surface area contributed by atoms with Gasteiger partial charge in [-0.05, 0) is 79.6 Å². The highest BCUT2D eigenvalue weighted by Crippen LogP contribution is 2.32. The number of amides is 1. The van der Waals surface area contributed by atoms with E-state index in [4.69, 9.17) is 0 Å². The van der Waals surface area contributed by atoms with Crippen molar-refractivity contribution in [1.29, 1.82) is 0 Å². The number of fused-ring (bicyclic) bond motifs is 2. The van der Waals surface area contributed by atoms with E-state index < -0.39 is 4.92 Å². The third-order valence-corrected chi connectivity index (χ3v) is 7.56. The summed E-state index contributed by atoms with van der Waals surface area (Å²) in [6.07, 6.45) is 5.79. The molecule has 1 amide bonds. The summed E-state index contributed by atoms with van der Waals surface area (Å²) in [5, 5.41) is 17.2. The lowest BCUT2D eigenvalue weighted by atomic mass is 9.90. The Balaban J connectivity index is 1.54. The van der Waals surface area contributed by atoms with Crippen LogP contribution >= 0.6 is 22.7 Å². The summed E-state index contributed by atoms with van der Waals surface area (Å²) in [7, 11) is 0. The Morgan fingerprint density at radius 1 is 1.09 bits per heavy atom. The van der Waals surface area contributed by atoms with Crippen molar-refractivity contribution in [2.75, 3.05) is 5.01 Å². The molecule has 0 bridgehead atoms. The fourth-order valence-corrected chi connectivity index (χ4v) is 5.62. The number of nitrogens with zero attached hydrogens (tertiary/aromatic N) is 4. The molecule has 5 rings (SSSR count). The van der Waals surface area contributed by atoms with Crippen molar-refractivity contribution >= 4 is 55.1 Å². The van der Waals surface area contributed by atoms with Gasteiger partial charge < -0.3 is 0 Å². The van der Waals surface area contributed by atoms with E-state index in [0.29, 0.717) is 15.6 Å². The zero-order chi connectivity index (χ0) is 22.9. The lowest BCUT2D eigenvalue weighted by molar-refractivity contribution is -0.380. The van der Waals surface area contributed by atoms with E-state index in [9.17, 15) is 14.9 Å². The van der Waals surface area contributed by atoms with Crippen LogP contribution in [0.5, 0.6) is 0 Å². The molecule has 1 aliphatic rings. The van der Waals surface area contributed by atoms with Crippen LogP contribution in [0, 0.1) is 17.0 Å². The van der Waals surface area contributed by atoms with E-state index in [1.54, 1.807) is 6.07 Å². The van der Waals surface area contributed by atoms with Crippen LogP contribution in [0.1, 0.15) is 44.8 Å². The highest BCUT2D eigenvalue weighted by atomic mass is 32.1. The monoisotopic (exact) mass is 476 g/mol. The molecule has 7 nitrogen and oxygen atoms in total. The third kappa shape index (κ3) is 4.42. The third-order valence-electron chi connectivity index (χ3n) is 5.59. The highest BCUT2D eigenvalue weighted by molar-refractivity contribution is 7.22. The van der Waals surface area contributed by atoms with E-state index in [0.717, 1.165) is 46.4 Å². The van der Waals surface area contributed by atoms with Gasteiger partial charge in [-0.25, -0.2) is 4.98 Å². The van der Waals surface area contributed by atoms with Crippen LogP contribution < -0.4 is 5.01 Å². The summed E-state index contributed by atoms with van der Waals surface area (Å²) in [6, 6.07) is 14.8. The molecule has 1 aliphatic carbocycles. The second-order valence-corrected chi connectivity index (χ2v) is 10.1. The molecule has 4 aromatic rings. The highest BCUT2D eigenvalue weighted by Gasteiger charge is 2.23. The molecule has 2 heterocycles. The molecule has 9 heteroatoms. The van der Waals surface area contributed by atoms with Crippen LogP contribution in [-0.4, -0.2) is 22.0 Å². The Bertz CT molecular complexity index is 1410. The molecule has 0 atom stereocenters. The van der Waals surface area contributed by atoms with Gasteiger partial charge in [0.15, 0.2) is 0 Å². The Kier molecular flexibility index (Phi) is 5.74. The van der Waals surface area contributed by atoms with Gasteiger partial charge in [0.05, 0.1) is 26.2 Å². The molecule has 0 fully saturated rings. The molecule has 166 valence electrons. The predicted molar refractivity (Wildman–Crippen MR) is 133 cm³/mol. The van der Waals surface area contributed by atoms with Crippen molar-refractivity contribution in [2.45, 2.75) is 32.6 Å². The average Bonchev–Trinajstić information content (AvgIpc) is 3.46. The molecule has 0 saturated carbocycles. The zero-order valence-electron chi connectivity index (χ0n) is 17.9. The molecule has 33 heavy (non-hydrogen) atoms. The average molecular weight is 477 g/mol. The minimum atomic E-state index is -0.437. The van der Waals surface area contributed by atoms with Gasteiger partial charge in [-0.1, -0.05) is 34.8 Å². The van der Waals surface area contributed by atoms with E-state index >= 15 is 0 Å². The Morgan fingerprint density at radius 2 is 1.91 bits per heavy atom. The molecular weight excluding hydrogens is 456 g/mol. The summed E-state index contributed by atoms with van der Waals surface area (Å²) in [5.41, 5.74) is 4.98. The Morgan fingerprint density at radius 3 is 2.70 bits per heavy atom. The van der Waals surface area contributed by atoms with E-state index in [1.807, 2.05) is 43.3 Å². The largest absolute Gasteiger partial charge is 0.324 e. The number of carbonyl (C=O) groups excluding carboxylic acids is 1. The molecule has 0 saturated heterocycles. The number of carbonyl (C=O) groups is 1. The van der Waals surface area contributed by atoms with Crippen LogP contribution in [0.3, 0.4) is 0 Å². The van der Waals surface area contributed by atoms with E-state index in [2.05, 4.69) is 10.1 Å². The van der Waals surface area contributed by atoms with Crippen LogP contribution in [0.2, 0.25) is 0 Å². The smallest absolute Gasteiger partial charge is 0.267 e. The van der Waals surface area contributed by atoms with Crippen molar-refractivity contribution in [3.63, 3.8) is 0 Å². The van der Waals surface area contributed by atoms with Gasteiger partial charge in [-0.15, -0.1) is 0 Å². The maximum Gasteiger partial charge on any atom is 0.324 e. The molecule has 2 aromatic heterocycles. The SMILES string of the molecule is Cc1ccc2nc(N(/N=C/c3ccc([N+](=O)[O-])s3)C(=O)c3ccc4c(c3)CCCC4)sc2c1. The van der Waals surface area contributed by atoms with Gasteiger partial charge in [0.25, 0.3) is 5.91 Å². The standard InChI is InChI=1S/C24H20N4O3S2/c1-15-6-10-20-21(12-15)33-24(26-20)27(25-14-19-9-11-22(32-19)28(30)31)23(29)18-8-7-16-4-2-3-5-17(16)13-18/h6-14H,2-5H2,1H3/b25-14+. The number of aryl methyl sites for hydroxylation is 3. The molecule has 0 radical (unpaired) electrons. The summed E-state index contributed by atoms with van der Waals surface area (Å²) in [6.45, 7) is 2.01. The second kappa shape index (κ2) is 8.84. The quantitative estimate of drug-likeness (QED) is 0.197. The van der Waals surface area contributed by atoms with Gasteiger partial charge in [0.1, 0.15) is 0 Å². The van der Waals surface area contributed by atoms with Gasteiger partial charge in [-0.2, -0.15) is 10.1 Å². The van der Waals surface area contributed by atoms with Crippen LogP contribution in [0.25, 0.3) is 10.2 Å². The minimum absolute atomic E-state index is 0.0273. The first-order valence-corrected chi connectivity index (χ1v) is 12.2. The number of aromatic nitrogens is 1. The first kappa shape index (κ1) is 21.4. The van der Waals surface area contributed by atoms with E-state index in [1.165, 1.54) is 46.2 Å². The van der Waals surface area contributed by atoms with Crippen LogP contribution in [0.15, 0.2) is 53.6 Å². The number of rotatable bonds is 5. The van der Waals surface area contributed by atoms with Crippen molar-refractivity contribution in [2.24, 2.45) is 5.10 Å². The van der Waals surface area contributed by atoms with Crippen LogP contribution in [-0.2, 0) is 12.8 Å². The first-order chi connectivity index (χ1) is 16.0. The second-order valence-electron chi connectivity index (χ2n) is 7.95. The number of thiophene rings is 1. The van der Waals surface area contributed by atoms with Gasteiger partial charge in [0.2, 0.25) is 5.13 Å². The Labute approximate surface area is 198 Å². The number of nitro groups is 1. The topological polar surface area (TPSA) is 88.7 Å². The maximum atomic E-state index is 13.6. The number of hydrazone groups is 1. The molecule has 0 N–H and O–H groups in total. The number of hydrogen-bond donors (Lipinski definition) is 0. The lowest BCUT2D eigenvalue weighted by Gasteiger charge is -2.18. The van der Waals surface area contributed by atoms with Gasteiger partial charge >= 0.3 is 5.00 Å². The van der Waals surface area contributed by atoms with Crippen LogP contribution in [0.4, 0.5) is 10.1 Å². The number of hydrogen-bond acceptors (Lipinski definition) is 7. The number of benzene rings is 2. The molecule has 0 spiro atoms. The molecular formula is C24H20N4O3S2. The van der Waals surface area contributed by atoms with Crippen molar-refractivity contribution < 1.29 is 9.72 Å². The molecule has 2 aromatic carbocycles. The summed E-state index contributed by atoms with van der Waals surface area (Å²) in [4.78, 5) is 29.4. The number of anilines is 1. The summed E-state index contributed by atoms with van der Waals surface area (Å²) >= 11 is 2.40. The van der Waals surface area contributed by atoms with Crippen molar-refractivity contribution in [3.8, 4) is 0 Å². The lowest BCUT2D eigenvalue weighted by Crippen LogP contribution is -2.26. The fraction of sp³-hybridized carbons (Fsp3) is 0.208. The molecule has 0 aliphatic heterocycles. The first-order valence-electron chi connectivity index (χ1n) is 10.6.